The van der Waals surface area contributed by atoms with Crippen molar-refractivity contribution >= 4 is 23.2 Å². The lowest BCUT2D eigenvalue weighted by Crippen LogP contribution is -2.48. The van der Waals surface area contributed by atoms with Crippen LogP contribution in [-0.2, 0) is 9.53 Å². The van der Waals surface area contributed by atoms with Gasteiger partial charge in [-0.15, -0.1) is 11.3 Å². The summed E-state index contributed by atoms with van der Waals surface area (Å²) in [5.74, 6) is -1.48. The van der Waals surface area contributed by atoms with E-state index in [4.69, 9.17) is 4.74 Å². The Morgan fingerprint density at radius 1 is 1.50 bits per heavy atom. The molecule has 20 heavy (non-hydrogen) atoms. The number of amides is 1. The highest BCUT2D eigenvalue weighted by Crippen LogP contribution is 2.22. The number of aliphatic carboxylic acids is 1. The first-order chi connectivity index (χ1) is 9.50. The summed E-state index contributed by atoms with van der Waals surface area (Å²) >= 11 is 1.50. The SMILES string of the molecule is Cc1scc(C(=O)N[C@@H](C(=O)O)[C@H]2CCCOC2)c1C. The molecule has 0 radical (unpaired) electrons. The van der Waals surface area contributed by atoms with Crippen molar-refractivity contribution in [1.29, 1.82) is 0 Å². The van der Waals surface area contributed by atoms with Gasteiger partial charge in [0.25, 0.3) is 5.91 Å². The fourth-order valence-corrected chi connectivity index (χ4v) is 3.23. The van der Waals surface area contributed by atoms with Crippen molar-refractivity contribution in [3.8, 4) is 0 Å². The second-order valence-corrected chi connectivity index (χ2v) is 6.18. The van der Waals surface area contributed by atoms with Crippen LogP contribution in [0, 0.1) is 19.8 Å². The molecule has 2 heterocycles. The van der Waals surface area contributed by atoms with Gasteiger partial charge in [-0.25, -0.2) is 4.79 Å². The van der Waals surface area contributed by atoms with E-state index >= 15 is 0 Å². The van der Waals surface area contributed by atoms with Gasteiger partial charge >= 0.3 is 5.97 Å². The monoisotopic (exact) mass is 297 g/mol. The highest BCUT2D eigenvalue weighted by Gasteiger charge is 2.32. The van der Waals surface area contributed by atoms with E-state index in [-0.39, 0.29) is 11.8 Å². The smallest absolute Gasteiger partial charge is 0.326 e. The zero-order valence-corrected chi connectivity index (χ0v) is 12.5. The van der Waals surface area contributed by atoms with E-state index in [9.17, 15) is 14.7 Å². The fraction of sp³-hybridized carbons (Fsp3) is 0.571. The maximum absolute atomic E-state index is 12.2. The Kier molecular flexibility index (Phi) is 4.77. The number of carboxylic acid groups (broad SMARTS) is 1. The van der Waals surface area contributed by atoms with Crippen LogP contribution in [-0.4, -0.2) is 36.2 Å². The van der Waals surface area contributed by atoms with Crippen LogP contribution in [0.3, 0.4) is 0 Å². The largest absolute Gasteiger partial charge is 0.480 e. The zero-order valence-electron chi connectivity index (χ0n) is 11.6. The molecule has 0 aliphatic carbocycles. The van der Waals surface area contributed by atoms with E-state index in [1.165, 1.54) is 11.3 Å². The summed E-state index contributed by atoms with van der Waals surface area (Å²) in [4.78, 5) is 24.7. The van der Waals surface area contributed by atoms with Crippen LogP contribution in [0.5, 0.6) is 0 Å². The maximum atomic E-state index is 12.2. The summed E-state index contributed by atoms with van der Waals surface area (Å²) in [6.07, 6.45) is 1.60. The number of thiophene rings is 1. The van der Waals surface area contributed by atoms with Gasteiger partial charge < -0.3 is 15.2 Å². The Balaban J connectivity index is 2.09. The highest BCUT2D eigenvalue weighted by molar-refractivity contribution is 7.10. The third-order valence-electron chi connectivity index (χ3n) is 3.75. The van der Waals surface area contributed by atoms with Gasteiger partial charge in [-0.2, -0.15) is 0 Å². The molecule has 1 amide bonds. The first-order valence-electron chi connectivity index (χ1n) is 6.66. The number of ether oxygens (including phenoxy) is 1. The van der Waals surface area contributed by atoms with Gasteiger partial charge in [0.1, 0.15) is 6.04 Å². The predicted octanol–water partition coefficient (Wildman–Crippen LogP) is 1.97. The van der Waals surface area contributed by atoms with Crippen LogP contribution in [0.25, 0.3) is 0 Å². The summed E-state index contributed by atoms with van der Waals surface area (Å²) in [6, 6.07) is -0.887. The summed E-state index contributed by atoms with van der Waals surface area (Å²) in [6.45, 7) is 4.87. The van der Waals surface area contributed by atoms with Gasteiger partial charge in [0.05, 0.1) is 12.2 Å². The van der Waals surface area contributed by atoms with Crippen LogP contribution in [0.1, 0.15) is 33.6 Å². The third kappa shape index (κ3) is 3.19. The molecule has 0 bridgehead atoms. The molecule has 1 fully saturated rings. The average Bonchev–Trinajstić information content (AvgIpc) is 2.77. The van der Waals surface area contributed by atoms with Crippen LogP contribution < -0.4 is 5.32 Å². The first-order valence-corrected chi connectivity index (χ1v) is 7.54. The molecule has 1 aromatic rings. The molecule has 5 nitrogen and oxygen atoms in total. The zero-order chi connectivity index (χ0) is 14.7. The molecule has 0 unspecified atom stereocenters. The first kappa shape index (κ1) is 15.0. The van der Waals surface area contributed by atoms with Crippen molar-refractivity contribution < 1.29 is 19.4 Å². The van der Waals surface area contributed by atoms with Gasteiger partial charge in [-0.3, -0.25) is 4.79 Å². The molecule has 0 saturated carbocycles. The average molecular weight is 297 g/mol. The minimum absolute atomic E-state index is 0.162. The summed E-state index contributed by atoms with van der Waals surface area (Å²) in [7, 11) is 0. The van der Waals surface area contributed by atoms with Crippen LogP contribution in [0.4, 0.5) is 0 Å². The Morgan fingerprint density at radius 2 is 2.25 bits per heavy atom. The maximum Gasteiger partial charge on any atom is 0.326 e. The number of carbonyl (C=O) groups is 2. The minimum Gasteiger partial charge on any atom is -0.480 e. The lowest BCUT2D eigenvalue weighted by molar-refractivity contribution is -0.142. The number of hydrogen-bond acceptors (Lipinski definition) is 4. The molecule has 6 heteroatoms. The minimum atomic E-state index is -1.00. The molecule has 2 rings (SSSR count). The van der Waals surface area contributed by atoms with Gasteiger partial charge in [0, 0.05) is 22.8 Å². The van der Waals surface area contributed by atoms with Crippen molar-refractivity contribution in [2.45, 2.75) is 32.7 Å². The van der Waals surface area contributed by atoms with Crippen LogP contribution in [0.15, 0.2) is 5.38 Å². The highest BCUT2D eigenvalue weighted by atomic mass is 32.1. The third-order valence-corrected chi connectivity index (χ3v) is 4.76. The second-order valence-electron chi connectivity index (χ2n) is 5.10. The number of rotatable bonds is 4. The summed E-state index contributed by atoms with van der Waals surface area (Å²) < 4.78 is 5.32. The molecule has 1 saturated heterocycles. The second kappa shape index (κ2) is 6.37. The van der Waals surface area contributed by atoms with Gasteiger partial charge in [0.15, 0.2) is 0 Å². The quantitative estimate of drug-likeness (QED) is 0.891. The molecule has 1 aromatic heterocycles. The molecule has 110 valence electrons. The lowest BCUT2D eigenvalue weighted by atomic mass is 9.93. The van der Waals surface area contributed by atoms with Crippen LogP contribution in [0.2, 0.25) is 0 Å². The van der Waals surface area contributed by atoms with Gasteiger partial charge in [0.2, 0.25) is 0 Å². The number of carboxylic acids is 1. The Hall–Kier alpha value is -1.40. The normalized spacial score (nSPS) is 20.4. The molecule has 2 atom stereocenters. The standard InChI is InChI=1S/C14H19NO4S/c1-8-9(2)20-7-11(8)13(16)15-12(14(17)18)10-4-3-5-19-6-10/h7,10,12H,3-6H2,1-2H3,(H,15,16)(H,17,18)/t10-,12+/m0/s1. The van der Waals surface area contributed by atoms with Crippen LogP contribution >= 0.6 is 11.3 Å². The van der Waals surface area contributed by atoms with Crippen molar-refractivity contribution in [3.63, 3.8) is 0 Å². The molecule has 0 aromatic carbocycles. The van der Waals surface area contributed by atoms with E-state index in [0.717, 1.165) is 23.3 Å². The molecular weight excluding hydrogens is 278 g/mol. The van der Waals surface area contributed by atoms with Crippen molar-refractivity contribution in [2.75, 3.05) is 13.2 Å². The topological polar surface area (TPSA) is 75.6 Å². The van der Waals surface area contributed by atoms with E-state index < -0.39 is 12.0 Å². The van der Waals surface area contributed by atoms with Crippen molar-refractivity contribution in [1.82, 2.24) is 5.32 Å². The lowest BCUT2D eigenvalue weighted by Gasteiger charge is -2.28. The van der Waals surface area contributed by atoms with E-state index in [1.807, 2.05) is 13.8 Å². The van der Waals surface area contributed by atoms with E-state index in [2.05, 4.69) is 5.32 Å². The Morgan fingerprint density at radius 3 is 2.75 bits per heavy atom. The van der Waals surface area contributed by atoms with E-state index in [1.54, 1.807) is 5.38 Å². The molecule has 1 aliphatic rings. The van der Waals surface area contributed by atoms with Gasteiger partial charge in [-0.05, 0) is 32.3 Å². The summed E-state index contributed by atoms with van der Waals surface area (Å²) in [5.41, 5.74) is 1.48. The fourth-order valence-electron chi connectivity index (χ4n) is 2.37. The number of hydrogen-bond donors (Lipinski definition) is 2. The molecule has 2 N–H and O–H groups in total. The van der Waals surface area contributed by atoms with E-state index in [0.29, 0.717) is 18.8 Å². The predicted molar refractivity (Wildman–Crippen MR) is 76.2 cm³/mol. The molecular formula is C14H19NO4S. The number of nitrogens with one attached hydrogen (secondary N) is 1. The molecule has 0 spiro atoms. The number of carbonyl (C=O) groups excluding carboxylic acids is 1. The Labute approximate surface area is 121 Å². The van der Waals surface area contributed by atoms with Crippen molar-refractivity contribution in [2.24, 2.45) is 5.92 Å². The summed E-state index contributed by atoms with van der Waals surface area (Å²) in [5, 5.41) is 13.7. The molecule has 1 aliphatic heterocycles. The van der Waals surface area contributed by atoms with Gasteiger partial charge in [-0.1, -0.05) is 0 Å². The van der Waals surface area contributed by atoms with Crippen molar-refractivity contribution in [3.05, 3.63) is 21.4 Å². The number of aryl methyl sites for hydroxylation is 1. The Bertz CT molecular complexity index is 505.